The van der Waals surface area contributed by atoms with Gasteiger partial charge in [-0.25, -0.2) is 4.98 Å². The maximum Gasteiger partial charge on any atom is 0.278 e. The Labute approximate surface area is 205 Å². The van der Waals surface area contributed by atoms with Gasteiger partial charge >= 0.3 is 0 Å². The molecule has 0 unspecified atom stereocenters. The number of amides is 1. The van der Waals surface area contributed by atoms with Gasteiger partial charge in [-0.05, 0) is 29.3 Å². The van der Waals surface area contributed by atoms with Crippen molar-refractivity contribution in [3.8, 4) is 0 Å². The van der Waals surface area contributed by atoms with Crippen LogP contribution in [0.2, 0.25) is 10.0 Å². The van der Waals surface area contributed by atoms with E-state index in [1.807, 2.05) is 60.7 Å². The summed E-state index contributed by atoms with van der Waals surface area (Å²) in [6.07, 6.45) is 1.53. The molecule has 0 saturated heterocycles. The molecule has 6 nitrogen and oxygen atoms in total. The van der Waals surface area contributed by atoms with Crippen LogP contribution in [0, 0.1) is 0 Å². The molecule has 8 heteroatoms. The molecule has 2 aromatic heterocycles. The number of benzene rings is 3. The lowest BCUT2D eigenvalue weighted by Crippen LogP contribution is -2.29. The molecule has 0 spiro atoms. The fraction of sp³-hybridized carbons (Fsp3) is 0.115. The minimum absolute atomic E-state index is 0.0263. The molecule has 0 aliphatic heterocycles. The molecule has 2 heterocycles. The van der Waals surface area contributed by atoms with Crippen LogP contribution in [0.4, 0.5) is 0 Å². The Balaban J connectivity index is 1.53. The van der Waals surface area contributed by atoms with Crippen molar-refractivity contribution in [2.24, 2.45) is 0 Å². The Bertz CT molecular complexity index is 1590. The van der Waals surface area contributed by atoms with Crippen molar-refractivity contribution in [1.82, 2.24) is 19.4 Å². The summed E-state index contributed by atoms with van der Waals surface area (Å²) >= 11 is 12.5. The van der Waals surface area contributed by atoms with Gasteiger partial charge in [0.2, 0.25) is 5.91 Å². The Morgan fingerprint density at radius 3 is 2.26 bits per heavy atom. The fourth-order valence-corrected chi connectivity index (χ4v) is 4.47. The average molecular weight is 491 g/mol. The second kappa shape index (κ2) is 9.33. The number of hydrogen-bond donors (Lipinski definition) is 1. The predicted molar refractivity (Wildman–Crippen MR) is 135 cm³/mol. The van der Waals surface area contributed by atoms with E-state index < -0.39 is 0 Å². The molecular formula is C26H20Cl2N4O2. The monoisotopic (exact) mass is 490 g/mol. The molecule has 0 saturated carbocycles. The average Bonchev–Trinajstić information content (AvgIpc) is 3.16. The van der Waals surface area contributed by atoms with E-state index in [0.29, 0.717) is 27.6 Å². The van der Waals surface area contributed by atoms with Gasteiger partial charge in [0, 0.05) is 22.0 Å². The number of hydrogen-bond acceptors (Lipinski definition) is 3. The van der Waals surface area contributed by atoms with Crippen LogP contribution in [0.1, 0.15) is 11.1 Å². The van der Waals surface area contributed by atoms with E-state index in [0.717, 1.165) is 22.0 Å². The molecule has 5 aromatic rings. The lowest BCUT2D eigenvalue weighted by atomic mass is 10.2. The van der Waals surface area contributed by atoms with Gasteiger partial charge in [-0.2, -0.15) is 0 Å². The molecule has 0 fully saturated rings. The van der Waals surface area contributed by atoms with Crippen LogP contribution >= 0.6 is 23.2 Å². The summed E-state index contributed by atoms with van der Waals surface area (Å²) in [4.78, 5) is 31.0. The number of halogens is 2. The van der Waals surface area contributed by atoms with Crippen molar-refractivity contribution in [3.63, 3.8) is 0 Å². The molecule has 0 atom stereocenters. The molecule has 0 radical (unpaired) electrons. The van der Waals surface area contributed by atoms with E-state index in [-0.39, 0.29) is 24.6 Å². The summed E-state index contributed by atoms with van der Waals surface area (Å²) < 4.78 is 3.24. The maximum atomic E-state index is 13.5. The number of carbonyl (C=O) groups excluding carboxylic acids is 1. The zero-order chi connectivity index (χ0) is 23.7. The first-order chi connectivity index (χ1) is 16.5. The summed E-state index contributed by atoms with van der Waals surface area (Å²) in [5, 5.41) is 4.88. The van der Waals surface area contributed by atoms with Crippen LogP contribution in [0.25, 0.3) is 21.9 Å². The van der Waals surface area contributed by atoms with Crippen molar-refractivity contribution >= 4 is 51.0 Å². The number of rotatable bonds is 6. The Morgan fingerprint density at radius 2 is 1.53 bits per heavy atom. The first-order valence-corrected chi connectivity index (χ1v) is 11.5. The quantitative estimate of drug-likeness (QED) is 0.363. The van der Waals surface area contributed by atoms with Gasteiger partial charge in [0.15, 0.2) is 0 Å². The zero-order valence-corrected chi connectivity index (χ0v) is 19.6. The number of nitrogens with zero attached hydrogens (tertiary/aromatic N) is 3. The van der Waals surface area contributed by atoms with E-state index in [2.05, 4.69) is 10.3 Å². The first-order valence-electron chi connectivity index (χ1n) is 10.7. The molecule has 0 aliphatic carbocycles. The highest BCUT2D eigenvalue weighted by Gasteiger charge is 2.18. The van der Waals surface area contributed by atoms with Gasteiger partial charge in [-0.15, -0.1) is 0 Å². The summed E-state index contributed by atoms with van der Waals surface area (Å²) in [6.45, 7) is 0.549. The van der Waals surface area contributed by atoms with Crippen LogP contribution in [-0.4, -0.2) is 20.0 Å². The fourth-order valence-electron chi connectivity index (χ4n) is 4.07. The molecule has 170 valence electrons. The molecule has 34 heavy (non-hydrogen) atoms. The van der Waals surface area contributed by atoms with Gasteiger partial charge in [-0.3, -0.25) is 14.2 Å². The topological polar surface area (TPSA) is 68.9 Å². The zero-order valence-electron chi connectivity index (χ0n) is 18.0. The lowest BCUT2D eigenvalue weighted by Gasteiger charge is -2.11. The summed E-state index contributed by atoms with van der Waals surface area (Å²) in [6, 6.07) is 22.3. The lowest BCUT2D eigenvalue weighted by molar-refractivity contribution is -0.121. The van der Waals surface area contributed by atoms with Gasteiger partial charge in [0.25, 0.3) is 5.56 Å². The molecule has 0 aliphatic rings. The van der Waals surface area contributed by atoms with Gasteiger partial charge in [-0.1, -0.05) is 77.8 Å². The molecule has 0 bridgehead atoms. The minimum Gasteiger partial charge on any atom is -0.350 e. The molecule has 1 N–H and O–H groups in total. The Hall–Kier alpha value is -3.61. The summed E-state index contributed by atoms with van der Waals surface area (Å²) in [7, 11) is 0. The normalized spacial score (nSPS) is 11.2. The Kier molecular flexibility index (Phi) is 6.09. The summed E-state index contributed by atoms with van der Waals surface area (Å²) in [5.74, 6) is -0.233. The second-order valence-electron chi connectivity index (χ2n) is 7.94. The summed E-state index contributed by atoms with van der Waals surface area (Å²) in [5.41, 5.74) is 3.11. The first kappa shape index (κ1) is 22.2. The van der Waals surface area contributed by atoms with Crippen molar-refractivity contribution in [3.05, 3.63) is 111 Å². The number of carbonyl (C=O) groups is 1. The minimum atomic E-state index is -0.236. The third-order valence-corrected chi connectivity index (χ3v) is 6.51. The molecule has 5 rings (SSSR count). The van der Waals surface area contributed by atoms with Gasteiger partial charge < -0.3 is 9.88 Å². The van der Waals surface area contributed by atoms with Crippen molar-refractivity contribution < 1.29 is 4.79 Å². The Morgan fingerprint density at radius 1 is 0.882 bits per heavy atom. The predicted octanol–water partition coefficient (Wildman–Crippen LogP) is 5.02. The SMILES string of the molecule is O=C(Cn1c2ccccc2c2ncn(Cc3ccccc3Cl)c(=O)c21)NCc1ccccc1Cl. The van der Waals surface area contributed by atoms with Crippen molar-refractivity contribution in [2.75, 3.05) is 0 Å². The maximum absolute atomic E-state index is 13.5. The van der Waals surface area contributed by atoms with E-state index in [9.17, 15) is 9.59 Å². The van der Waals surface area contributed by atoms with Crippen LogP contribution in [0.15, 0.2) is 83.9 Å². The number of para-hydroxylation sites is 1. The highest BCUT2D eigenvalue weighted by atomic mass is 35.5. The van der Waals surface area contributed by atoms with Crippen LogP contribution in [0.5, 0.6) is 0 Å². The molecule has 1 amide bonds. The van der Waals surface area contributed by atoms with E-state index in [4.69, 9.17) is 23.2 Å². The number of fused-ring (bicyclic) bond motifs is 3. The highest BCUT2D eigenvalue weighted by molar-refractivity contribution is 6.31. The standard InChI is InChI=1S/C26H20Cl2N4O2/c27-20-10-4-1-7-17(20)13-29-23(33)15-32-22-12-6-3-9-19(22)24-25(32)26(34)31(16-30-24)14-18-8-2-5-11-21(18)28/h1-12,16H,13-15H2,(H,29,33). The van der Waals surface area contributed by atoms with E-state index >= 15 is 0 Å². The third-order valence-electron chi connectivity index (χ3n) is 5.77. The van der Waals surface area contributed by atoms with Gasteiger partial charge in [0.05, 0.1) is 18.4 Å². The van der Waals surface area contributed by atoms with Crippen LogP contribution in [0.3, 0.4) is 0 Å². The van der Waals surface area contributed by atoms with E-state index in [1.54, 1.807) is 16.7 Å². The van der Waals surface area contributed by atoms with Crippen molar-refractivity contribution in [1.29, 1.82) is 0 Å². The third kappa shape index (κ3) is 4.18. The van der Waals surface area contributed by atoms with Crippen LogP contribution in [-0.2, 0) is 24.4 Å². The largest absolute Gasteiger partial charge is 0.350 e. The van der Waals surface area contributed by atoms with Crippen LogP contribution < -0.4 is 10.9 Å². The second-order valence-corrected chi connectivity index (χ2v) is 8.75. The van der Waals surface area contributed by atoms with Crippen molar-refractivity contribution in [2.45, 2.75) is 19.6 Å². The number of nitrogens with one attached hydrogen (secondary N) is 1. The molecular weight excluding hydrogens is 471 g/mol. The molecule has 3 aromatic carbocycles. The number of aromatic nitrogens is 3. The highest BCUT2D eigenvalue weighted by Crippen LogP contribution is 2.25. The smallest absolute Gasteiger partial charge is 0.278 e. The van der Waals surface area contributed by atoms with E-state index in [1.165, 1.54) is 10.9 Å². The van der Waals surface area contributed by atoms with Gasteiger partial charge in [0.1, 0.15) is 17.6 Å².